The Hall–Kier alpha value is -7.89. The van der Waals surface area contributed by atoms with Crippen LogP contribution in [0.4, 0.5) is 17.1 Å². The molecule has 0 saturated carbocycles. The number of rotatable bonds is 6. The zero-order valence-corrected chi connectivity index (χ0v) is 31.1. The fraction of sp³-hybridized carbons (Fsp3) is 0. The van der Waals surface area contributed by atoms with E-state index in [1.165, 1.54) is 5.56 Å². The number of anilines is 3. The van der Waals surface area contributed by atoms with E-state index in [4.69, 9.17) is 18.2 Å². The summed E-state index contributed by atoms with van der Waals surface area (Å²) in [5.41, 5.74) is 13.1. The number of fused-ring (bicyclic) bond motifs is 8. The number of furan rings is 2. The monoisotopic (exact) mass is 744 g/mol. The van der Waals surface area contributed by atoms with Gasteiger partial charge in [0.2, 0.25) is 5.89 Å². The molecule has 9 aromatic carbocycles. The smallest absolute Gasteiger partial charge is 0.227 e. The van der Waals surface area contributed by atoms with Crippen molar-refractivity contribution < 1.29 is 13.3 Å². The molecule has 12 aromatic rings. The number of hydrogen-bond acceptors (Lipinski definition) is 5. The second-order valence-electron chi connectivity index (χ2n) is 14.7. The molecule has 3 aromatic heterocycles. The molecule has 0 bridgehead atoms. The normalized spacial score (nSPS) is 11.8. The van der Waals surface area contributed by atoms with Gasteiger partial charge in [0.1, 0.15) is 22.3 Å². The molecule has 0 spiro atoms. The van der Waals surface area contributed by atoms with Gasteiger partial charge in [-0.1, -0.05) is 127 Å². The van der Waals surface area contributed by atoms with E-state index in [1.807, 2.05) is 60.7 Å². The maximum Gasteiger partial charge on any atom is 0.227 e. The summed E-state index contributed by atoms with van der Waals surface area (Å²) >= 11 is 0. The molecule has 0 saturated heterocycles. The van der Waals surface area contributed by atoms with Crippen molar-refractivity contribution in [2.75, 3.05) is 4.90 Å². The lowest BCUT2D eigenvalue weighted by Gasteiger charge is -2.28. The van der Waals surface area contributed by atoms with Gasteiger partial charge in [0.15, 0.2) is 11.2 Å². The van der Waals surface area contributed by atoms with Crippen molar-refractivity contribution in [3.8, 4) is 33.7 Å². The molecule has 0 aliphatic carbocycles. The molecule has 0 amide bonds. The predicted molar refractivity (Wildman–Crippen MR) is 237 cm³/mol. The van der Waals surface area contributed by atoms with Gasteiger partial charge in [-0.15, -0.1) is 0 Å². The van der Waals surface area contributed by atoms with Crippen LogP contribution in [0.25, 0.3) is 99.5 Å². The van der Waals surface area contributed by atoms with E-state index in [2.05, 4.69) is 138 Å². The topological polar surface area (TPSA) is 55.6 Å². The van der Waals surface area contributed by atoms with E-state index in [9.17, 15) is 0 Å². The van der Waals surface area contributed by atoms with Gasteiger partial charge in [-0.3, -0.25) is 0 Å². The van der Waals surface area contributed by atoms with Crippen molar-refractivity contribution in [2.45, 2.75) is 0 Å². The van der Waals surface area contributed by atoms with Crippen LogP contribution in [0.1, 0.15) is 0 Å². The number of benzene rings is 9. The molecule has 0 radical (unpaired) electrons. The quantitative estimate of drug-likeness (QED) is 0.170. The van der Waals surface area contributed by atoms with Gasteiger partial charge in [-0.25, -0.2) is 4.98 Å². The summed E-state index contributed by atoms with van der Waals surface area (Å²) in [4.78, 5) is 7.35. The Kier molecular flexibility index (Phi) is 7.16. The Morgan fingerprint density at radius 2 is 1.05 bits per heavy atom. The van der Waals surface area contributed by atoms with E-state index >= 15 is 0 Å². The van der Waals surface area contributed by atoms with Crippen LogP contribution in [0.3, 0.4) is 0 Å². The molecule has 0 N–H and O–H groups in total. The third kappa shape index (κ3) is 5.07. The SMILES string of the molecule is c1ccc(-c2ccc(N(c3c4ccccc4cc4c3oc3ccc(-c5cccc6oc(-c7ccccc7)nc56)cc34)c3cccc4oc5ccccc5c34)cc2)cc1. The highest BCUT2D eigenvalue weighted by Crippen LogP contribution is 2.50. The molecule has 0 atom stereocenters. The Balaban J connectivity index is 1.12. The lowest BCUT2D eigenvalue weighted by atomic mass is 9.98. The average Bonchev–Trinajstić information content (AvgIpc) is 4.01. The molecule has 58 heavy (non-hydrogen) atoms. The van der Waals surface area contributed by atoms with E-state index < -0.39 is 0 Å². The highest BCUT2D eigenvalue weighted by Gasteiger charge is 2.26. The second kappa shape index (κ2) is 12.8. The van der Waals surface area contributed by atoms with Crippen LogP contribution >= 0.6 is 0 Å². The van der Waals surface area contributed by atoms with Crippen LogP contribution in [0, 0.1) is 0 Å². The zero-order valence-electron chi connectivity index (χ0n) is 31.1. The molecule has 12 rings (SSSR count). The molecule has 5 heteroatoms. The van der Waals surface area contributed by atoms with Crippen LogP contribution in [0.15, 0.2) is 207 Å². The summed E-state index contributed by atoms with van der Waals surface area (Å²) in [6.45, 7) is 0. The van der Waals surface area contributed by atoms with Gasteiger partial charge in [0, 0.05) is 38.4 Å². The van der Waals surface area contributed by atoms with E-state index in [0.717, 1.165) is 105 Å². The summed E-state index contributed by atoms with van der Waals surface area (Å²) in [5.74, 6) is 0.603. The molecular weight excluding hydrogens is 713 g/mol. The van der Waals surface area contributed by atoms with Crippen molar-refractivity contribution in [1.82, 2.24) is 4.98 Å². The fourth-order valence-corrected chi connectivity index (χ4v) is 8.59. The number of aromatic nitrogens is 1. The van der Waals surface area contributed by atoms with Gasteiger partial charge < -0.3 is 18.2 Å². The first-order valence-corrected chi connectivity index (χ1v) is 19.4. The van der Waals surface area contributed by atoms with Gasteiger partial charge in [0.05, 0.1) is 16.8 Å². The van der Waals surface area contributed by atoms with Crippen molar-refractivity contribution in [3.63, 3.8) is 0 Å². The largest absolute Gasteiger partial charge is 0.456 e. The Morgan fingerprint density at radius 1 is 0.397 bits per heavy atom. The number of nitrogens with zero attached hydrogens (tertiary/aromatic N) is 2. The maximum absolute atomic E-state index is 7.03. The van der Waals surface area contributed by atoms with E-state index in [0.29, 0.717) is 5.89 Å². The van der Waals surface area contributed by atoms with Crippen molar-refractivity contribution in [1.29, 1.82) is 0 Å². The van der Waals surface area contributed by atoms with Gasteiger partial charge in [0.25, 0.3) is 0 Å². The standard InChI is InChI=1S/C53H32N2O3/c1-3-13-33(14-4-1)34-25-28-38(29-26-34)55(44-21-12-23-47-49(44)41-19-9-10-22-45(41)56-47)51-40-18-8-7-17-36(40)32-43-42-31-37(27-30-46(42)57-52(43)51)39-20-11-24-48-50(39)54-53(58-48)35-15-5-2-6-16-35/h1-32H. The summed E-state index contributed by atoms with van der Waals surface area (Å²) in [5, 5.41) is 6.33. The predicted octanol–water partition coefficient (Wildman–Crippen LogP) is 15.3. The average molecular weight is 745 g/mol. The van der Waals surface area contributed by atoms with Crippen LogP contribution < -0.4 is 4.90 Å². The first-order chi connectivity index (χ1) is 28.7. The molecule has 0 unspecified atom stereocenters. The first-order valence-electron chi connectivity index (χ1n) is 19.4. The fourth-order valence-electron chi connectivity index (χ4n) is 8.59. The summed E-state index contributed by atoms with van der Waals surface area (Å²) in [6, 6.07) is 67.3. The summed E-state index contributed by atoms with van der Waals surface area (Å²) < 4.78 is 19.8. The third-order valence-electron chi connectivity index (χ3n) is 11.3. The highest BCUT2D eigenvalue weighted by molar-refractivity contribution is 6.22. The number of para-hydroxylation sites is 2. The minimum atomic E-state index is 0.603. The lowest BCUT2D eigenvalue weighted by Crippen LogP contribution is -2.11. The Morgan fingerprint density at radius 3 is 1.90 bits per heavy atom. The van der Waals surface area contributed by atoms with Crippen LogP contribution in [-0.4, -0.2) is 4.98 Å². The molecule has 5 nitrogen and oxygen atoms in total. The molecule has 0 fully saturated rings. The van der Waals surface area contributed by atoms with Gasteiger partial charge >= 0.3 is 0 Å². The molecular formula is C53H32N2O3. The summed E-state index contributed by atoms with van der Waals surface area (Å²) in [6.07, 6.45) is 0. The molecule has 272 valence electrons. The first kappa shape index (κ1) is 32.4. The highest BCUT2D eigenvalue weighted by atomic mass is 16.3. The zero-order chi connectivity index (χ0) is 38.2. The van der Waals surface area contributed by atoms with E-state index in [-0.39, 0.29) is 0 Å². The van der Waals surface area contributed by atoms with Crippen LogP contribution in [-0.2, 0) is 0 Å². The third-order valence-corrected chi connectivity index (χ3v) is 11.3. The lowest BCUT2D eigenvalue weighted by molar-refractivity contribution is 0.620. The van der Waals surface area contributed by atoms with Gasteiger partial charge in [-0.05, 0) is 88.8 Å². The number of hydrogen-bond donors (Lipinski definition) is 0. The second-order valence-corrected chi connectivity index (χ2v) is 14.7. The molecule has 0 aliphatic rings. The van der Waals surface area contributed by atoms with Gasteiger partial charge in [-0.2, -0.15) is 0 Å². The number of oxazole rings is 1. The van der Waals surface area contributed by atoms with Crippen molar-refractivity contribution >= 4 is 82.8 Å². The minimum Gasteiger partial charge on any atom is -0.456 e. The Labute approximate surface area is 332 Å². The Bertz CT molecular complexity index is 3510. The molecule has 3 heterocycles. The van der Waals surface area contributed by atoms with E-state index in [1.54, 1.807) is 0 Å². The minimum absolute atomic E-state index is 0.603. The summed E-state index contributed by atoms with van der Waals surface area (Å²) in [7, 11) is 0. The van der Waals surface area contributed by atoms with Crippen LogP contribution in [0.2, 0.25) is 0 Å². The van der Waals surface area contributed by atoms with Crippen LogP contribution in [0.5, 0.6) is 0 Å². The maximum atomic E-state index is 7.03. The van der Waals surface area contributed by atoms with Crippen molar-refractivity contribution in [2.24, 2.45) is 0 Å². The molecule has 0 aliphatic heterocycles. The van der Waals surface area contributed by atoms with Crippen molar-refractivity contribution in [3.05, 3.63) is 194 Å².